The normalized spacial score (nSPS) is 9.89. The molecule has 1 N–H and O–H groups in total. The maximum absolute atomic E-state index is 11.9. The zero-order valence-corrected chi connectivity index (χ0v) is 11.3. The molecule has 0 aliphatic rings. The second kappa shape index (κ2) is 5.64. The van der Waals surface area contributed by atoms with Gasteiger partial charge in [0.15, 0.2) is 0 Å². The van der Waals surface area contributed by atoms with E-state index in [1.165, 1.54) is 0 Å². The summed E-state index contributed by atoms with van der Waals surface area (Å²) in [5.74, 6) is 0.343. The van der Waals surface area contributed by atoms with Crippen molar-refractivity contribution in [2.24, 2.45) is 0 Å². The molecule has 1 aromatic heterocycles. The van der Waals surface area contributed by atoms with Crippen molar-refractivity contribution in [3.05, 3.63) is 52.8 Å². The van der Waals surface area contributed by atoms with Gasteiger partial charge >= 0.3 is 0 Å². The molecule has 0 spiro atoms. The zero-order chi connectivity index (χ0) is 13.0. The van der Waals surface area contributed by atoms with Crippen molar-refractivity contribution in [1.29, 1.82) is 0 Å². The predicted molar refractivity (Wildman–Crippen MR) is 72.9 cm³/mol. The zero-order valence-electron chi connectivity index (χ0n) is 9.68. The van der Waals surface area contributed by atoms with E-state index >= 15 is 0 Å². The minimum absolute atomic E-state index is 0.271. The Hall–Kier alpha value is -1.88. The number of halogens is 1. The number of pyridine rings is 1. The highest BCUT2D eigenvalue weighted by molar-refractivity contribution is 9.10. The molecule has 18 heavy (non-hydrogen) atoms. The van der Waals surface area contributed by atoms with Crippen LogP contribution in [0.15, 0.2) is 47.1 Å². The number of methoxy groups -OCH3 is 1. The molecule has 4 nitrogen and oxygen atoms in total. The third-order valence-electron chi connectivity index (χ3n) is 2.32. The average molecular weight is 307 g/mol. The van der Waals surface area contributed by atoms with Crippen LogP contribution < -0.4 is 10.1 Å². The number of para-hydroxylation sites is 2. The highest BCUT2D eigenvalue weighted by Crippen LogP contribution is 2.23. The minimum atomic E-state index is -0.271. The number of nitrogens with one attached hydrogen (secondary N) is 1. The first kappa shape index (κ1) is 12.6. The van der Waals surface area contributed by atoms with Gasteiger partial charge in [0.2, 0.25) is 0 Å². The lowest BCUT2D eigenvalue weighted by Crippen LogP contribution is -2.14. The molecule has 2 aromatic rings. The van der Waals surface area contributed by atoms with Gasteiger partial charge in [-0.3, -0.25) is 4.79 Å². The maximum Gasteiger partial charge on any atom is 0.274 e. The van der Waals surface area contributed by atoms with Crippen LogP contribution >= 0.6 is 15.9 Å². The molecule has 0 aliphatic heterocycles. The lowest BCUT2D eigenvalue weighted by Gasteiger charge is -2.09. The fraction of sp³-hybridized carbons (Fsp3) is 0.0769. The number of hydrogen-bond donors (Lipinski definition) is 1. The summed E-state index contributed by atoms with van der Waals surface area (Å²) in [4.78, 5) is 16.0. The summed E-state index contributed by atoms with van der Waals surface area (Å²) < 4.78 is 5.99. The molecule has 0 atom stereocenters. The average Bonchev–Trinajstić information content (AvgIpc) is 2.40. The van der Waals surface area contributed by atoms with Crippen LogP contribution in [0, 0.1) is 0 Å². The molecular weight excluding hydrogens is 296 g/mol. The number of nitrogens with zero attached hydrogens (tertiary/aromatic N) is 1. The van der Waals surface area contributed by atoms with E-state index in [1.807, 2.05) is 12.1 Å². The number of carbonyl (C=O) groups excluding carboxylic acids is 1. The van der Waals surface area contributed by atoms with Crippen molar-refractivity contribution >= 4 is 27.5 Å². The summed E-state index contributed by atoms with van der Waals surface area (Å²) in [6, 6.07) is 10.6. The number of benzene rings is 1. The number of hydrogen-bond acceptors (Lipinski definition) is 3. The fourth-order valence-electron chi connectivity index (χ4n) is 1.44. The summed E-state index contributed by atoms with van der Waals surface area (Å²) in [7, 11) is 1.56. The number of aromatic nitrogens is 1. The number of anilines is 1. The molecule has 0 saturated heterocycles. The van der Waals surface area contributed by atoms with Crippen LogP contribution in [0.2, 0.25) is 0 Å². The molecule has 0 saturated carbocycles. The molecule has 0 radical (unpaired) electrons. The number of carbonyl (C=O) groups is 1. The summed E-state index contributed by atoms with van der Waals surface area (Å²) in [5, 5.41) is 2.76. The van der Waals surface area contributed by atoms with Crippen molar-refractivity contribution in [1.82, 2.24) is 4.98 Å². The Morgan fingerprint density at radius 3 is 2.72 bits per heavy atom. The smallest absolute Gasteiger partial charge is 0.274 e. The molecule has 5 heteroatoms. The van der Waals surface area contributed by atoms with E-state index in [2.05, 4.69) is 26.2 Å². The van der Waals surface area contributed by atoms with E-state index in [0.29, 0.717) is 17.1 Å². The van der Waals surface area contributed by atoms with Crippen LogP contribution in [0.3, 0.4) is 0 Å². The summed E-state index contributed by atoms with van der Waals surface area (Å²) in [6.07, 6.45) is 1.58. The molecule has 0 bridgehead atoms. The first-order valence-corrected chi connectivity index (χ1v) is 6.06. The lowest BCUT2D eigenvalue weighted by molar-refractivity contribution is 0.102. The van der Waals surface area contributed by atoms with Gasteiger partial charge in [0, 0.05) is 10.7 Å². The van der Waals surface area contributed by atoms with Gasteiger partial charge in [-0.1, -0.05) is 12.1 Å². The van der Waals surface area contributed by atoms with Crippen molar-refractivity contribution in [2.45, 2.75) is 0 Å². The maximum atomic E-state index is 11.9. The largest absolute Gasteiger partial charge is 0.495 e. The highest BCUT2D eigenvalue weighted by atomic mass is 79.9. The lowest BCUT2D eigenvalue weighted by atomic mass is 10.2. The molecule has 1 amide bonds. The van der Waals surface area contributed by atoms with E-state index in [9.17, 15) is 4.79 Å². The molecule has 0 unspecified atom stereocenters. The van der Waals surface area contributed by atoms with Crippen molar-refractivity contribution in [2.75, 3.05) is 12.4 Å². The molecule has 2 rings (SSSR count). The monoisotopic (exact) mass is 306 g/mol. The summed E-state index contributed by atoms with van der Waals surface area (Å²) in [5.41, 5.74) is 0.971. The second-order valence-electron chi connectivity index (χ2n) is 3.52. The van der Waals surface area contributed by atoms with Crippen LogP contribution in [0.4, 0.5) is 5.69 Å². The standard InChI is InChI=1S/C13H11BrN2O2/c1-18-12-5-3-2-4-10(12)16-13(17)11-7-6-9(14)8-15-11/h2-8H,1H3,(H,16,17). The van der Waals surface area contributed by atoms with Gasteiger partial charge < -0.3 is 10.1 Å². The topological polar surface area (TPSA) is 51.2 Å². The van der Waals surface area contributed by atoms with Crippen molar-refractivity contribution < 1.29 is 9.53 Å². The Kier molecular flexibility index (Phi) is 3.94. The molecular formula is C13H11BrN2O2. The van der Waals surface area contributed by atoms with Gasteiger partial charge in [0.05, 0.1) is 12.8 Å². The minimum Gasteiger partial charge on any atom is -0.495 e. The van der Waals surface area contributed by atoms with E-state index in [4.69, 9.17) is 4.74 Å². The molecule has 1 aromatic carbocycles. The van der Waals surface area contributed by atoms with E-state index in [1.54, 1.807) is 37.6 Å². The Labute approximate surface area is 113 Å². The number of rotatable bonds is 3. The SMILES string of the molecule is COc1ccccc1NC(=O)c1ccc(Br)cn1. The van der Waals surface area contributed by atoms with Gasteiger partial charge in [-0.25, -0.2) is 4.98 Å². The number of ether oxygens (including phenoxy) is 1. The fourth-order valence-corrected chi connectivity index (χ4v) is 1.68. The van der Waals surface area contributed by atoms with E-state index < -0.39 is 0 Å². The summed E-state index contributed by atoms with van der Waals surface area (Å²) >= 11 is 3.27. The molecule has 0 aliphatic carbocycles. The predicted octanol–water partition coefficient (Wildman–Crippen LogP) is 3.11. The van der Waals surface area contributed by atoms with Gasteiger partial charge in [-0.05, 0) is 40.2 Å². The van der Waals surface area contributed by atoms with Crippen molar-refractivity contribution in [3.8, 4) is 5.75 Å². The Balaban J connectivity index is 2.18. The van der Waals surface area contributed by atoms with E-state index in [0.717, 1.165) is 4.47 Å². The third-order valence-corrected chi connectivity index (χ3v) is 2.78. The van der Waals surface area contributed by atoms with Gasteiger partial charge in [0.1, 0.15) is 11.4 Å². The molecule has 92 valence electrons. The Morgan fingerprint density at radius 1 is 1.28 bits per heavy atom. The van der Waals surface area contributed by atoms with Crippen LogP contribution in [-0.2, 0) is 0 Å². The highest BCUT2D eigenvalue weighted by Gasteiger charge is 2.09. The molecule has 1 heterocycles. The first-order valence-electron chi connectivity index (χ1n) is 5.26. The van der Waals surface area contributed by atoms with Crippen LogP contribution in [0.1, 0.15) is 10.5 Å². The number of amides is 1. The Morgan fingerprint density at radius 2 is 2.06 bits per heavy atom. The van der Waals surface area contributed by atoms with Gasteiger partial charge in [-0.15, -0.1) is 0 Å². The van der Waals surface area contributed by atoms with Crippen LogP contribution in [-0.4, -0.2) is 18.0 Å². The van der Waals surface area contributed by atoms with Crippen molar-refractivity contribution in [3.63, 3.8) is 0 Å². The van der Waals surface area contributed by atoms with E-state index in [-0.39, 0.29) is 5.91 Å². The Bertz CT molecular complexity index is 555. The second-order valence-corrected chi connectivity index (χ2v) is 4.43. The van der Waals surface area contributed by atoms with Crippen LogP contribution in [0.5, 0.6) is 5.75 Å². The third kappa shape index (κ3) is 2.87. The van der Waals surface area contributed by atoms with Gasteiger partial charge in [0.25, 0.3) is 5.91 Å². The summed E-state index contributed by atoms with van der Waals surface area (Å²) in [6.45, 7) is 0. The van der Waals surface area contributed by atoms with Gasteiger partial charge in [-0.2, -0.15) is 0 Å². The quantitative estimate of drug-likeness (QED) is 0.948. The van der Waals surface area contributed by atoms with Crippen LogP contribution in [0.25, 0.3) is 0 Å². The first-order chi connectivity index (χ1) is 8.70. The molecule has 0 fully saturated rings.